The zero-order valence-corrected chi connectivity index (χ0v) is 30.6. The van der Waals surface area contributed by atoms with E-state index in [0.29, 0.717) is 11.8 Å². The number of aromatic nitrogens is 1. The highest BCUT2D eigenvalue weighted by Crippen LogP contribution is 2.57. The van der Waals surface area contributed by atoms with Crippen LogP contribution in [0, 0.1) is 11.8 Å². The molecule has 0 fully saturated rings. The van der Waals surface area contributed by atoms with Crippen molar-refractivity contribution in [1.29, 1.82) is 0 Å². The molecular weight excluding hydrogens is 667 g/mol. The molecule has 2 aromatic heterocycles. The Hall–Kier alpha value is -6.64. The first kappa shape index (κ1) is 29.8. The smallest absolute Gasteiger partial charge is 0.135 e. The lowest BCUT2D eigenvalue weighted by Crippen LogP contribution is -2.18. The average Bonchev–Trinajstić information content (AvgIpc) is 3.92. The molecule has 2 atom stereocenters. The summed E-state index contributed by atoms with van der Waals surface area (Å²) in [7, 11) is 0. The maximum absolute atomic E-state index is 6.40. The molecule has 55 heavy (non-hydrogen) atoms. The molecule has 0 N–H and O–H groups in total. The third-order valence-electron chi connectivity index (χ3n) is 13.4. The number of benzene rings is 7. The number of hydrogen-bond donors (Lipinski definition) is 0. The van der Waals surface area contributed by atoms with Crippen molar-refractivity contribution in [3.63, 3.8) is 0 Å². The molecule has 0 spiro atoms. The van der Waals surface area contributed by atoms with Gasteiger partial charge in [-0.05, 0) is 104 Å². The van der Waals surface area contributed by atoms with Crippen LogP contribution < -0.4 is 0 Å². The standard InChI is InChI=1S/C53H35NO/c1-53(2)45-28-49-43(26-41(45)42-27-44-37-17-8-10-21-50(37)55-51(44)29-46(42)53)36-16-7-9-20-47(36)54(49)48-25-24-33(30-12-5-6-15-35(30)48)34-22-23-40-32-14-4-3-13-31(32)38-18-11-19-39(34)52(38)40/h3-29,39,52H,1-2H3. The predicted octanol–water partition coefficient (Wildman–Crippen LogP) is 13.8. The van der Waals surface area contributed by atoms with Crippen LogP contribution in [0.15, 0.2) is 168 Å². The SMILES string of the molecule is CC1(C)c2cc3oc4ccccc4c3cc2-c2cc3c4ccccc4n(-c4ccc(C5=CC=C6c7ccccc7C7=CC=CC5C76)c5ccccc45)c3cc21. The minimum atomic E-state index is -0.195. The van der Waals surface area contributed by atoms with E-state index in [1.807, 2.05) is 0 Å². The van der Waals surface area contributed by atoms with Gasteiger partial charge in [0.2, 0.25) is 0 Å². The molecule has 0 bridgehead atoms. The molecule has 4 aliphatic carbocycles. The summed E-state index contributed by atoms with van der Waals surface area (Å²) in [6.45, 7) is 4.74. The molecule has 0 saturated heterocycles. The van der Waals surface area contributed by atoms with E-state index in [0.717, 1.165) is 11.2 Å². The third-order valence-corrected chi connectivity index (χ3v) is 13.4. The van der Waals surface area contributed by atoms with Crippen molar-refractivity contribution in [2.75, 3.05) is 0 Å². The van der Waals surface area contributed by atoms with Gasteiger partial charge in [-0.2, -0.15) is 0 Å². The summed E-state index contributed by atoms with van der Waals surface area (Å²) < 4.78 is 8.93. The van der Waals surface area contributed by atoms with Crippen LogP contribution in [-0.2, 0) is 5.41 Å². The average molecular weight is 702 g/mol. The fourth-order valence-electron chi connectivity index (χ4n) is 10.9. The van der Waals surface area contributed by atoms with E-state index in [9.17, 15) is 0 Å². The normalized spacial score (nSPS) is 18.8. The Bertz CT molecular complexity index is 3350. The van der Waals surface area contributed by atoms with Gasteiger partial charge >= 0.3 is 0 Å². The molecule has 2 nitrogen and oxygen atoms in total. The fraction of sp³-hybridized carbons (Fsp3) is 0.0943. The van der Waals surface area contributed by atoms with Crippen molar-refractivity contribution >= 4 is 71.2 Å². The van der Waals surface area contributed by atoms with Gasteiger partial charge in [-0.15, -0.1) is 0 Å². The minimum absolute atomic E-state index is 0.195. The molecule has 2 unspecified atom stereocenters. The number of para-hydroxylation sites is 2. The van der Waals surface area contributed by atoms with Gasteiger partial charge in [0.25, 0.3) is 0 Å². The summed E-state index contributed by atoms with van der Waals surface area (Å²) in [5.41, 5.74) is 19.1. The van der Waals surface area contributed by atoms with Crippen molar-refractivity contribution in [1.82, 2.24) is 4.57 Å². The number of furan rings is 1. The van der Waals surface area contributed by atoms with Crippen LogP contribution in [0.3, 0.4) is 0 Å². The van der Waals surface area contributed by atoms with E-state index < -0.39 is 0 Å². The van der Waals surface area contributed by atoms with Gasteiger partial charge in [-0.3, -0.25) is 0 Å². The first-order valence-corrected chi connectivity index (χ1v) is 19.5. The monoisotopic (exact) mass is 701 g/mol. The molecule has 7 aromatic carbocycles. The van der Waals surface area contributed by atoms with Crippen LogP contribution in [0.25, 0.3) is 88.1 Å². The minimum Gasteiger partial charge on any atom is -0.456 e. The maximum atomic E-state index is 6.40. The highest BCUT2D eigenvalue weighted by molar-refractivity contribution is 6.15. The van der Waals surface area contributed by atoms with E-state index >= 15 is 0 Å². The summed E-state index contributed by atoms with van der Waals surface area (Å²) >= 11 is 0. The van der Waals surface area contributed by atoms with Crippen molar-refractivity contribution in [2.24, 2.45) is 11.8 Å². The second kappa shape index (κ2) is 10.3. The first-order valence-electron chi connectivity index (χ1n) is 19.5. The molecule has 0 aliphatic heterocycles. The van der Waals surface area contributed by atoms with Crippen LogP contribution in [0.5, 0.6) is 0 Å². The maximum Gasteiger partial charge on any atom is 0.135 e. The Labute approximate surface area is 318 Å². The molecule has 2 heteroatoms. The van der Waals surface area contributed by atoms with Crippen molar-refractivity contribution in [3.05, 3.63) is 192 Å². The van der Waals surface area contributed by atoms with Gasteiger partial charge in [0.15, 0.2) is 0 Å². The van der Waals surface area contributed by atoms with Gasteiger partial charge in [-0.1, -0.05) is 135 Å². The van der Waals surface area contributed by atoms with E-state index in [4.69, 9.17) is 4.42 Å². The second-order valence-corrected chi connectivity index (χ2v) is 16.4. The zero-order valence-electron chi connectivity index (χ0n) is 30.6. The van der Waals surface area contributed by atoms with Gasteiger partial charge in [0.05, 0.1) is 16.7 Å². The Balaban J connectivity index is 1.03. The Morgan fingerprint density at radius 2 is 1.13 bits per heavy atom. The number of rotatable bonds is 2. The largest absolute Gasteiger partial charge is 0.456 e. The Kier molecular flexibility index (Phi) is 5.58. The summed E-state index contributed by atoms with van der Waals surface area (Å²) in [6.07, 6.45) is 11.8. The topological polar surface area (TPSA) is 18.1 Å². The number of allylic oxidation sites excluding steroid dienone is 8. The van der Waals surface area contributed by atoms with E-state index in [1.165, 1.54) is 105 Å². The van der Waals surface area contributed by atoms with Gasteiger partial charge in [-0.25, -0.2) is 0 Å². The summed E-state index contributed by atoms with van der Waals surface area (Å²) in [5, 5.41) is 7.46. The molecule has 258 valence electrons. The Morgan fingerprint density at radius 3 is 1.96 bits per heavy atom. The molecule has 4 aliphatic rings. The number of nitrogens with zero attached hydrogens (tertiary/aromatic N) is 1. The molecule has 0 saturated carbocycles. The molecule has 2 heterocycles. The molecular formula is C53H35NO. The quantitative estimate of drug-likeness (QED) is 0.175. The highest BCUT2D eigenvalue weighted by Gasteiger charge is 2.41. The molecule has 0 amide bonds. The molecule has 0 radical (unpaired) electrons. The van der Waals surface area contributed by atoms with Gasteiger partial charge in [0, 0.05) is 44.2 Å². The summed E-state index contributed by atoms with van der Waals surface area (Å²) in [6, 6.07) is 49.7. The van der Waals surface area contributed by atoms with Crippen LogP contribution >= 0.6 is 0 Å². The van der Waals surface area contributed by atoms with Crippen molar-refractivity contribution < 1.29 is 4.42 Å². The van der Waals surface area contributed by atoms with Crippen LogP contribution in [-0.4, -0.2) is 4.57 Å². The second-order valence-electron chi connectivity index (χ2n) is 16.4. The fourth-order valence-corrected chi connectivity index (χ4v) is 10.9. The van der Waals surface area contributed by atoms with Crippen LogP contribution in [0.4, 0.5) is 0 Å². The lowest BCUT2D eigenvalue weighted by Gasteiger charge is -2.32. The van der Waals surface area contributed by atoms with E-state index in [-0.39, 0.29) is 5.41 Å². The van der Waals surface area contributed by atoms with Gasteiger partial charge in [0.1, 0.15) is 11.2 Å². The summed E-state index contributed by atoms with van der Waals surface area (Å²) in [5.74, 6) is 0.650. The van der Waals surface area contributed by atoms with Crippen LogP contribution in [0.1, 0.15) is 41.7 Å². The van der Waals surface area contributed by atoms with E-state index in [2.05, 4.69) is 182 Å². The van der Waals surface area contributed by atoms with Crippen LogP contribution in [0.2, 0.25) is 0 Å². The van der Waals surface area contributed by atoms with Crippen molar-refractivity contribution in [3.8, 4) is 16.8 Å². The lowest BCUT2D eigenvalue weighted by molar-refractivity contribution is 0.647. The predicted molar refractivity (Wildman–Crippen MR) is 230 cm³/mol. The third kappa shape index (κ3) is 3.74. The lowest BCUT2D eigenvalue weighted by atomic mass is 9.71. The van der Waals surface area contributed by atoms with Crippen molar-refractivity contribution in [2.45, 2.75) is 19.3 Å². The van der Waals surface area contributed by atoms with E-state index in [1.54, 1.807) is 0 Å². The summed E-state index contributed by atoms with van der Waals surface area (Å²) in [4.78, 5) is 0. The number of hydrogen-bond acceptors (Lipinski definition) is 1. The Morgan fingerprint density at radius 1 is 0.473 bits per heavy atom. The number of fused-ring (bicyclic) bond motifs is 13. The molecule has 9 aromatic rings. The zero-order chi connectivity index (χ0) is 36.2. The molecule has 13 rings (SSSR count). The highest BCUT2D eigenvalue weighted by atomic mass is 16.3. The van der Waals surface area contributed by atoms with Gasteiger partial charge < -0.3 is 8.98 Å². The first-order chi connectivity index (χ1) is 27.0.